The first kappa shape index (κ1) is 29.9. The highest BCUT2D eigenvalue weighted by Crippen LogP contribution is 2.29. The Kier molecular flexibility index (Phi) is 8.92. The molecule has 8 heteroatoms. The Hall–Kier alpha value is -4.04. The normalized spacial score (nSPS) is 12.5. The SMILES string of the molecule is CC(C)(C)COc1ccc(-c2cnc(-c3ccc(C[C@H](NC(=O)c4ccc(C(C)(C)C)s4)C(=O)O)cc3)nc2)cc1. The minimum Gasteiger partial charge on any atom is -0.493 e. The van der Waals surface area contributed by atoms with Gasteiger partial charge in [-0.25, -0.2) is 14.8 Å². The molecule has 2 N–H and O–H groups in total. The molecule has 0 fully saturated rings. The van der Waals surface area contributed by atoms with Crippen LogP contribution in [-0.2, 0) is 16.6 Å². The van der Waals surface area contributed by atoms with Gasteiger partial charge in [-0.15, -0.1) is 11.3 Å². The van der Waals surface area contributed by atoms with Gasteiger partial charge in [0.15, 0.2) is 5.82 Å². The van der Waals surface area contributed by atoms with Crippen LogP contribution < -0.4 is 10.1 Å². The number of hydrogen-bond acceptors (Lipinski definition) is 6. The molecule has 4 rings (SSSR count). The third kappa shape index (κ3) is 8.24. The molecule has 7 nitrogen and oxygen atoms in total. The monoisotopic (exact) mass is 571 g/mol. The minimum absolute atomic E-state index is 0.0754. The van der Waals surface area contributed by atoms with Crippen molar-refractivity contribution in [1.29, 1.82) is 0 Å². The predicted octanol–water partition coefficient (Wildman–Crippen LogP) is 7.02. The van der Waals surface area contributed by atoms with Gasteiger partial charge < -0.3 is 15.2 Å². The molecule has 0 aliphatic rings. The molecule has 0 spiro atoms. The first-order chi connectivity index (χ1) is 19.3. The highest BCUT2D eigenvalue weighted by atomic mass is 32.1. The first-order valence-corrected chi connectivity index (χ1v) is 14.4. The van der Waals surface area contributed by atoms with Gasteiger partial charge in [-0.2, -0.15) is 0 Å². The van der Waals surface area contributed by atoms with E-state index in [0.29, 0.717) is 17.3 Å². The third-order valence-electron chi connectivity index (χ3n) is 6.34. The van der Waals surface area contributed by atoms with E-state index in [1.807, 2.05) is 54.6 Å². The number of benzene rings is 2. The largest absolute Gasteiger partial charge is 0.493 e. The van der Waals surface area contributed by atoms with Gasteiger partial charge in [0, 0.05) is 34.8 Å². The van der Waals surface area contributed by atoms with Crippen LogP contribution in [0, 0.1) is 5.41 Å². The van der Waals surface area contributed by atoms with Gasteiger partial charge in [-0.1, -0.05) is 77.9 Å². The Bertz CT molecular complexity index is 1480. The van der Waals surface area contributed by atoms with Crippen LogP contribution in [0.3, 0.4) is 0 Å². The summed E-state index contributed by atoms with van der Waals surface area (Å²) in [5.74, 6) is -0.0640. The van der Waals surface area contributed by atoms with Crippen molar-refractivity contribution < 1.29 is 19.4 Å². The maximum Gasteiger partial charge on any atom is 0.326 e. The summed E-state index contributed by atoms with van der Waals surface area (Å²) >= 11 is 1.39. The second kappa shape index (κ2) is 12.2. The van der Waals surface area contributed by atoms with Gasteiger partial charge in [-0.3, -0.25) is 4.79 Å². The average Bonchev–Trinajstić information content (AvgIpc) is 3.44. The summed E-state index contributed by atoms with van der Waals surface area (Å²) in [7, 11) is 0. The smallest absolute Gasteiger partial charge is 0.326 e. The van der Waals surface area contributed by atoms with Crippen molar-refractivity contribution in [3.63, 3.8) is 0 Å². The molecule has 214 valence electrons. The topological polar surface area (TPSA) is 101 Å². The van der Waals surface area contributed by atoms with E-state index in [0.717, 1.165) is 32.9 Å². The molecule has 1 amide bonds. The maximum atomic E-state index is 12.8. The number of rotatable bonds is 9. The molecule has 4 aromatic rings. The molecule has 0 aliphatic carbocycles. The zero-order valence-electron chi connectivity index (χ0n) is 24.4. The zero-order valence-corrected chi connectivity index (χ0v) is 25.2. The highest BCUT2D eigenvalue weighted by molar-refractivity contribution is 7.14. The van der Waals surface area contributed by atoms with Crippen molar-refractivity contribution in [3.05, 3.63) is 88.4 Å². The van der Waals surface area contributed by atoms with Gasteiger partial charge in [0.1, 0.15) is 11.8 Å². The van der Waals surface area contributed by atoms with Crippen LogP contribution in [-0.4, -0.2) is 39.6 Å². The van der Waals surface area contributed by atoms with Crippen LogP contribution in [0.5, 0.6) is 5.75 Å². The molecule has 2 aromatic heterocycles. The van der Waals surface area contributed by atoms with Crippen molar-refractivity contribution in [1.82, 2.24) is 15.3 Å². The van der Waals surface area contributed by atoms with Crippen LogP contribution in [0.25, 0.3) is 22.5 Å². The number of carbonyl (C=O) groups excluding carboxylic acids is 1. The summed E-state index contributed by atoms with van der Waals surface area (Å²) in [6.45, 7) is 13.3. The molecule has 1 atom stereocenters. The molecule has 0 saturated carbocycles. The molecule has 0 radical (unpaired) electrons. The highest BCUT2D eigenvalue weighted by Gasteiger charge is 2.24. The quantitative estimate of drug-likeness (QED) is 0.224. The lowest BCUT2D eigenvalue weighted by Gasteiger charge is -2.18. The fraction of sp³-hybridized carbons (Fsp3) is 0.333. The lowest BCUT2D eigenvalue weighted by Crippen LogP contribution is -2.42. The maximum absolute atomic E-state index is 12.8. The molecule has 41 heavy (non-hydrogen) atoms. The van der Waals surface area contributed by atoms with E-state index in [4.69, 9.17) is 4.74 Å². The fourth-order valence-corrected chi connectivity index (χ4v) is 4.95. The summed E-state index contributed by atoms with van der Waals surface area (Å²) in [6.07, 6.45) is 3.73. The standard InChI is InChI=1S/C33H37N3O4S/c1-32(2,3)20-40-25-13-11-22(12-14-25)24-18-34-29(35-19-24)23-9-7-21(8-10-23)17-26(31(38)39)36-30(37)27-15-16-28(41-27)33(4,5)6/h7-16,18-19,26H,17,20H2,1-6H3,(H,36,37)(H,38,39)/t26-/m0/s1. The molecule has 0 saturated heterocycles. The Labute approximate surface area is 245 Å². The van der Waals surface area contributed by atoms with Crippen LogP contribution in [0.2, 0.25) is 0 Å². The number of carboxylic acid groups (broad SMARTS) is 1. The first-order valence-electron chi connectivity index (χ1n) is 13.6. The second-order valence-electron chi connectivity index (χ2n) is 12.3. The summed E-state index contributed by atoms with van der Waals surface area (Å²) in [4.78, 5) is 35.3. The van der Waals surface area contributed by atoms with Crippen molar-refractivity contribution in [3.8, 4) is 28.3 Å². The average molecular weight is 572 g/mol. The summed E-state index contributed by atoms with van der Waals surface area (Å²) in [6, 6.07) is 17.9. The Morgan fingerprint density at radius 2 is 1.46 bits per heavy atom. The number of nitrogens with zero attached hydrogens (tertiary/aromatic N) is 2. The van der Waals surface area contributed by atoms with E-state index in [1.54, 1.807) is 18.5 Å². The van der Waals surface area contributed by atoms with Crippen molar-refractivity contribution in [2.75, 3.05) is 6.61 Å². The molecular weight excluding hydrogens is 534 g/mol. The second-order valence-corrected chi connectivity index (χ2v) is 13.4. The van der Waals surface area contributed by atoms with Crippen molar-refractivity contribution in [2.45, 2.75) is 59.4 Å². The number of nitrogens with one attached hydrogen (secondary N) is 1. The van der Waals surface area contributed by atoms with Crippen LogP contribution in [0.15, 0.2) is 73.1 Å². The number of aliphatic carboxylic acids is 1. The Morgan fingerprint density at radius 3 is 2.00 bits per heavy atom. The van der Waals surface area contributed by atoms with Crippen LogP contribution in [0.4, 0.5) is 0 Å². The van der Waals surface area contributed by atoms with E-state index in [9.17, 15) is 14.7 Å². The van der Waals surface area contributed by atoms with E-state index >= 15 is 0 Å². The summed E-state index contributed by atoms with van der Waals surface area (Å²) in [5.41, 5.74) is 3.51. The molecule has 0 bridgehead atoms. The Morgan fingerprint density at radius 1 is 0.854 bits per heavy atom. The molecule has 2 heterocycles. The van der Waals surface area contributed by atoms with E-state index in [1.165, 1.54) is 11.3 Å². The van der Waals surface area contributed by atoms with E-state index in [-0.39, 0.29) is 23.2 Å². The fourth-order valence-electron chi connectivity index (χ4n) is 3.99. The van der Waals surface area contributed by atoms with Gasteiger partial charge >= 0.3 is 5.97 Å². The third-order valence-corrected chi connectivity index (χ3v) is 7.85. The number of carboxylic acids is 1. The molecular formula is C33H37N3O4S. The lowest BCUT2D eigenvalue weighted by molar-refractivity contribution is -0.139. The van der Waals surface area contributed by atoms with Crippen molar-refractivity contribution >= 4 is 23.2 Å². The van der Waals surface area contributed by atoms with Crippen molar-refractivity contribution in [2.24, 2.45) is 5.41 Å². The van der Waals surface area contributed by atoms with Gasteiger partial charge in [0.2, 0.25) is 0 Å². The van der Waals surface area contributed by atoms with Gasteiger partial charge in [-0.05, 0) is 46.2 Å². The number of ether oxygens (including phenoxy) is 1. The predicted molar refractivity (Wildman–Crippen MR) is 163 cm³/mol. The lowest BCUT2D eigenvalue weighted by atomic mass is 9.95. The zero-order chi connectivity index (χ0) is 29.8. The van der Waals surface area contributed by atoms with Gasteiger partial charge in [0.05, 0.1) is 11.5 Å². The minimum atomic E-state index is -1.08. The number of aromatic nitrogens is 2. The molecule has 0 aliphatic heterocycles. The van der Waals surface area contributed by atoms with Crippen LogP contribution >= 0.6 is 11.3 Å². The Balaban J connectivity index is 1.38. The molecule has 2 aromatic carbocycles. The number of hydrogen-bond donors (Lipinski definition) is 2. The van der Waals surface area contributed by atoms with E-state index < -0.39 is 12.0 Å². The summed E-state index contributed by atoms with van der Waals surface area (Å²) < 4.78 is 5.85. The van der Waals surface area contributed by atoms with Crippen LogP contribution in [0.1, 0.15) is 61.7 Å². The number of amides is 1. The van der Waals surface area contributed by atoms with Gasteiger partial charge in [0.25, 0.3) is 5.91 Å². The number of thiophene rings is 1. The summed E-state index contributed by atoms with van der Waals surface area (Å²) in [5, 5.41) is 12.4. The van der Waals surface area contributed by atoms with E-state index in [2.05, 4.69) is 56.8 Å². The molecule has 0 unspecified atom stereocenters. The number of carbonyl (C=O) groups is 2.